The second-order valence-electron chi connectivity index (χ2n) is 6.57. The van der Waals surface area contributed by atoms with Gasteiger partial charge in [0, 0.05) is 6.42 Å². The molecule has 0 rings (SSSR count). The van der Waals surface area contributed by atoms with Gasteiger partial charge < -0.3 is 15.3 Å². The van der Waals surface area contributed by atoms with Crippen LogP contribution in [-0.4, -0.2) is 39.3 Å². The maximum atomic E-state index is 11.7. The number of ketones is 1. The van der Waals surface area contributed by atoms with E-state index in [0.717, 1.165) is 44.9 Å². The molecule has 0 amide bonds. The molecule has 5 nitrogen and oxygen atoms in total. The molecule has 140 valence electrons. The van der Waals surface area contributed by atoms with E-state index in [0.29, 0.717) is 19.3 Å². The van der Waals surface area contributed by atoms with Gasteiger partial charge >= 0.3 is 5.97 Å². The minimum atomic E-state index is -0.983. The third kappa shape index (κ3) is 12.3. The van der Waals surface area contributed by atoms with Gasteiger partial charge in [0.15, 0.2) is 5.78 Å². The molecule has 0 aliphatic heterocycles. The Kier molecular flexibility index (Phi) is 13.5. The van der Waals surface area contributed by atoms with E-state index in [1.165, 1.54) is 12.2 Å². The summed E-state index contributed by atoms with van der Waals surface area (Å²) in [6.45, 7) is 3.78. The average molecular weight is 342 g/mol. The lowest BCUT2D eigenvalue weighted by Crippen LogP contribution is -2.23. The van der Waals surface area contributed by atoms with Crippen molar-refractivity contribution in [2.75, 3.05) is 0 Å². The van der Waals surface area contributed by atoms with Gasteiger partial charge in [-0.2, -0.15) is 0 Å². The molecular formula is C19H34O5. The van der Waals surface area contributed by atoms with Crippen molar-refractivity contribution in [3.8, 4) is 0 Å². The Balaban J connectivity index is 3.75. The Morgan fingerprint density at radius 1 is 0.958 bits per heavy atom. The molecule has 0 aliphatic carbocycles. The Bertz CT molecular complexity index is 378. The molecule has 3 atom stereocenters. The standard InChI is InChI=1S/C19H34O5/c1-3-4-7-12-17(21)18(22)14-13-16(20)11-9-6-5-8-10-15(2)19(23)24/h13-15,17-18,21-22H,3-12H2,1-2H3,(H,23,24)/b14-13+. The zero-order chi connectivity index (χ0) is 18.4. The van der Waals surface area contributed by atoms with Gasteiger partial charge in [0.05, 0.1) is 18.1 Å². The Morgan fingerprint density at radius 3 is 2.21 bits per heavy atom. The van der Waals surface area contributed by atoms with Gasteiger partial charge in [-0.15, -0.1) is 0 Å². The Labute approximate surface area is 145 Å². The van der Waals surface area contributed by atoms with Crippen molar-refractivity contribution < 1.29 is 24.9 Å². The van der Waals surface area contributed by atoms with E-state index in [9.17, 15) is 19.8 Å². The van der Waals surface area contributed by atoms with Crippen molar-refractivity contribution >= 4 is 11.8 Å². The summed E-state index contributed by atoms with van der Waals surface area (Å²) < 4.78 is 0. The van der Waals surface area contributed by atoms with Gasteiger partial charge in [-0.25, -0.2) is 0 Å². The van der Waals surface area contributed by atoms with E-state index in [4.69, 9.17) is 5.11 Å². The SMILES string of the molecule is CCCCCC(O)C(O)/C=C/C(=O)CCCCCCC(C)C(=O)O. The number of rotatable bonds is 15. The van der Waals surface area contributed by atoms with E-state index < -0.39 is 18.2 Å². The largest absolute Gasteiger partial charge is 0.481 e. The molecule has 3 N–H and O–H groups in total. The second kappa shape index (κ2) is 14.2. The van der Waals surface area contributed by atoms with Gasteiger partial charge in [0.1, 0.15) is 0 Å². The maximum Gasteiger partial charge on any atom is 0.306 e. The fraction of sp³-hybridized carbons (Fsp3) is 0.789. The molecule has 0 bridgehead atoms. The number of allylic oxidation sites excluding steroid dienone is 1. The van der Waals surface area contributed by atoms with Crippen LogP contribution in [0.3, 0.4) is 0 Å². The first-order valence-corrected chi connectivity index (χ1v) is 9.18. The van der Waals surface area contributed by atoms with Crippen LogP contribution in [0.1, 0.15) is 78.1 Å². The first-order valence-electron chi connectivity index (χ1n) is 9.18. The summed E-state index contributed by atoms with van der Waals surface area (Å²) in [7, 11) is 0. The summed E-state index contributed by atoms with van der Waals surface area (Å²) in [6.07, 6.45) is 8.99. The van der Waals surface area contributed by atoms with Crippen molar-refractivity contribution in [3.05, 3.63) is 12.2 Å². The van der Waals surface area contributed by atoms with E-state index in [1.807, 2.05) is 0 Å². The molecule has 0 aromatic carbocycles. The molecule has 0 aliphatic rings. The third-order valence-electron chi connectivity index (χ3n) is 4.21. The summed E-state index contributed by atoms with van der Waals surface area (Å²) >= 11 is 0. The predicted octanol–water partition coefficient (Wildman–Crippen LogP) is 3.48. The zero-order valence-electron chi connectivity index (χ0n) is 15.1. The number of carboxylic acid groups (broad SMARTS) is 1. The highest BCUT2D eigenvalue weighted by molar-refractivity contribution is 5.89. The topological polar surface area (TPSA) is 94.8 Å². The first-order chi connectivity index (χ1) is 11.4. The minimum absolute atomic E-state index is 0.0475. The van der Waals surface area contributed by atoms with Gasteiger partial charge in [0.25, 0.3) is 0 Å². The van der Waals surface area contributed by atoms with E-state index >= 15 is 0 Å². The highest BCUT2D eigenvalue weighted by Gasteiger charge is 2.13. The molecule has 0 radical (unpaired) electrons. The molecule has 24 heavy (non-hydrogen) atoms. The molecule has 3 unspecified atom stereocenters. The zero-order valence-corrected chi connectivity index (χ0v) is 15.1. The number of unbranched alkanes of at least 4 members (excludes halogenated alkanes) is 5. The predicted molar refractivity (Wildman–Crippen MR) is 94.8 cm³/mol. The molecule has 0 aromatic rings. The van der Waals surface area contributed by atoms with Crippen LogP contribution in [0.25, 0.3) is 0 Å². The molecule has 0 saturated carbocycles. The molecule has 0 heterocycles. The molecule has 0 spiro atoms. The molecule has 0 aromatic heterocycles. The van der Waals surface area contributed by atoms with Crippen molar-refractivity contribution in [2.24, 2.45) is 5.92 Å². The number of hydrogen-bond donors (Lipinski definition) is 3. The smallest absolute Gasteiger partial charge is 0.306 e. The lowest BCUT2D eigenvalue weighted by atomic mass is 10.0. The van der Waals surface area contributed by atoms with Gasteiger partial charge in [-0.05, 0) is 25.3 Å². The number of carbonyl (C=O) groups is 2. The monoisotopic (exact) mass is 342 g/mol. The molecule has 0 fully saturated rings. The number of aliphatic hydroxyl groups is 2. The quantitative estimate of drug-likeness (QED) is 0.313. The van der Waals surface area contributed by atoms with Crippen LogP contribution >= 0.6 is 0 Å². The number of carbonyl (C=O) groups excluding carboxylic acids is 1. The Hall–Kier alpha value is -1.20. The first kappa shape index (κ1) is 22.8. The van der Waals surface area contributed by atoms with Gasteiger partial charge in [-0.1, -0.05) is 58.4 Å². The third-order valence-corrected chi connectivity index (χ3v) is 4.21. The Morgan fingerprint density at radius 2 is 1.58 bits per heavy atom. The summed E-state index contributed by atoms with van der Waals surface area (Å²) in [4.78, 5) is 22.4. The summed E-state index contributed by atoms with van der Waals surface area (Å²) in [5, 5.41) is 28.3. The minimum Gasteiger partial charge on any atom is -0.481 e. The van der Waals surface area contributed by atoms with E-state index in [-0.39, 0.29) is 11.7 Å². The van der Waals surface area contributed by atoms with Crippen LogP contribution in [-0.2, 0) is 9.59 Å². The lowest BCUT2D eigenvalue weighted by Gasteiger charge is -2.13. The second-order valence-corrected chi connectivity index (χ2v) is 6.57. The highest BCUT2D eigenvalue weighted by Crippen LogP contribution is 2.12. The van der Waals surface area contributed by atoms with Gasteiger partial charge in [-0.3, -0.25) is 9.59 Å². The summed E-state index contributed by atoms with van der Waals surface area (Å²) in [5.41, 5.74) is 0. The fourth-order valence-corrected chi connectivity index (χ4v) is 2.42. The summed E-state index contributed by atoms with van der Waals surface area (Å²) in [6, 6.07) is 0. The molecule has 0 saturated heterocycles. The summed E-state index contributed by atoms with van der Waals surface area (Å²) in [5.74, 6) is -1.11. The van der Waals surface area contributed by atoms with Crippen molar-refractivity contribution in [1.82, 2.24) is 0 Å². The van der Waals surface area contributed by atoms with Crippen LogP contribution in [0.15, 0.2) is 12.2 Å². The van der Waals surface area contributed by atoms with Crippen molar-refractivity contribution in [2.45, 2.75) is 90.3 Å². The van der Waals surface area contributed by atoms with Gasteiger partial charge in [0.2, 0.25) is 0 Å². The fourth-order valence-electron chi connectivity index (χ4n) is 2.42. The van der Waals surface area contributed by atoms with E-state index in [2.05, 4.69) is 6.92 Å². The number of carboxylic acids is 1. The number of aliphatic hydroxyl groups excluding tert-OH is 2. The highest BCUT2D eigenvalue weighted by atomic mass is 16.4. The molecular weight excluding hydrogens is 308 g/mol. The molecule has 5 heteroatoms. The van der Waals surface area contributed by atoms with E-state index in [1.54, 1.807) is 6.92 Å². The lowest BCUT2D eigenvalue weighted by molar-refractivity contribution is -0.141. The van der Waals surface area contributed by atoms with Crippen LogP contribution in [0.4, 0.5) is 0 Å². The van der Waals surface area contributed by atoms with Crippen LogP contribution in [0, 0.1) is 5.92 Å². The normalized spacial score (nSPS) is 15.3. The van der Waals surface area contributed by atoms with Crippen LogP contribution in [0.5, 0.6) is 0 Å². The average Bonchev–Trinajstić information content (AvgIpc) is 2.55. The van der Waals surface area contributed by atoms with Crippen molar-refractivity contribution in [1.29, 1.82) is 0 Å². The maximum absolute atomic E-state index is 11.7. The number of hydrogen-bond acceptors (Lipinski definition) is 4. The van der Waals surface area contributed by atoms with Crippen LogP contribution in [0.2, 0.25) is 0 Å². The van der Waals surface area contributed by atoms with Crippen molar-refractivity contribution in [3.63, 3.8) is 0 Å². The number of aliphatic carboxylic acids is 1. The van der Waals surface area contributed by atoms with Crippen LogP contribution < -0.4 is 0 Å².